The maximum atomic E-state index is 11.1. The van der Waals surface area contributed by atoms with Gasteiger partial charge in [-0.2, -0.15) is 0 Å². The van der Waals surface area contributed by atoms with Crippen LogP contribution in [0.15, 0.2) is 12.3 Å². The number of aliphatic hydroxyl groups is 2. The van der Waals surface area contributed by atoms with Crippen molar-refractivity contribution >= 4 is 20.9 Å². The molecule has 4 atom stereocenters. The van der Waals surface area contributed by atoms with E-state index in [9.17, 15) is 19.8 Å². The molecule has 1 rings (SSSR count). The van der Waals surface area contributed by atoms with Gasteiger partial charge in [0.15, 0.2) is 6.23 Å². The third-order valence-corrected chi connectivity index (χ3v) is 3.13. The zero-order chi connectivity index (χ0) is 16.0. The molecule has 120 valence electrons. The highest BCUT2D eigenvalue weighted by molar-refractivity contribution is 7.39. The van der Waals surface area contributed by atoms with Crippen molar-refractivity contribution in [3.63, 3.8) is 0 Å². The van der Waals surface area contributed by atoms with E-state index >= 15 is 0 Å². The molecule has 0 bridgehead atoms. The summed E-state index contributed by atoms with van der Waals surface area (Å²) in [4.78, 5) is 40.2. The quantitative estimate of drug-likeness (QED) is 0.194. The van der Waals surface area contributed by atoms with Gasteiger partial charge in [-0.1, -0.05) is 0 Å². The second-order valence-corrected chi connectivity index (χ2v) is 4.84. The van der Waals surface area contributed by atoms with E-state index in [-0.39, 0.29) is 6.61 Å². The number of hydrogen-bond acceptors (Lipinski definition) is 8. The van der Waals surface area contributed by atoms with E-state index in [0.717, 1.165) is 17.2 Å². The molecule has 0 aromatic rings. The number of aliphatic hydroxyl groups excluding tert-OH is 2. The summed E-state index contributed by atoms with van der Waals surface area (Å²) in [5.74, 6) is -0.471. The van der Waals surface area contributed by atoms with Crippen LogP contribution in [-0.4, -0.2) is 75.4 Å². The normalized spacial score (nSPS) is 29.0. The topological polar surface area (TPSA) is 149 Å². The summed E-state index contributed by atoms with van der Waals surface area (Å²) in [5.41, 5.74) is 0. The van der Waals surface area contributed by atoms with Crippen molar-refractivity contribution in [3.05, 3.63) is 12.3 Å². The fourth-order valence-corrected chi connectivity index (χ4v) is 1.95. The maximum absolute atomic E-state index is 11.1. The lowest BCUT2D eigenvalue weighted by Gasteiger charge is -2.23. The van der Waals surface area contributed by atoms with Gasteiger partial charge in [-0.15, -0.1) is 0 Å². The zero-order valence-corrected chi connectivity index (χ0v) is 12.0. The maximum Gasteiger partial charge on any atom is 0.327 e. The zero-order valence-electron chi connectivity index (χ0n) is 11.1. The van der Waals surface area contributed by atoms with Gasteiger partial charge in [0.1, 0.15) is 18.3 Å². The van der Waals surface area contributed by atoms with Crippen LogP contribution in [0, 0.1) is 0 Å². The van der Waals surface area contributed by atoms with Crippen molar-refractivity contribution in [3.8, 4) is 0 Å². The molecule has 1 aliphatic rings. The standard InChI is InChI=1S/C10H17N2O8P/c1-11-7(14)2-3-12(5-13)10-9(16)8(15)6(20-10)4-19-21(17)18/h2-3,5-6,8-10,15-18H,4H2,1H3,(H,11,14)/b3-2-. The summed E-state index contributed by atoms with van der Waals surface area (Å²) < 4.78 is 9.74. The van der Waals surface area contributed by atoms with E-state index in [1.54, 1.807) is 0 Å². The molecule has 21 heavy (non-hydrogen) atoms. The molecule has 0 aliphatic carbocycles. The van der Waals surface area contributed by atoms with Gasteiger partial charge < -0.3 is 34.6 Å². The van der Waals surface area contributed by atoms with Gasteiger partial charge in [0.25, 0.3) is 0 Å². The minimum atomic E-state index is -2.62. The lowest BCUT2D eigenvalue weighted by Crippen LogP contribution is -2.41. The second-order valence-electron chi connectivity index (χ2n) is 4.08. The molecule has 1 aliphatic heterocycles. The van der Waals surface area contributed by atoms with Crippen molar-refractivity contribution in [2.24, 2.45) is 0 Å². The third-order valence-electron chi connectivity index (χ3n) is 2.75. The lowest BCUT2D eigenvalue weighted by molar-refractivity contribution is -0.132. The van der Waals surface area contributed by atoms with Gasteiger partial charge in [0.05, 0.1) is 6.61 Å². The van der Waals surface area contributed by atoms with Crippen LogP contribution >= 0.6 is 8.60 Å². The molecular weight excluding hydrogens is 307 g/mol. The fraction of sp³-hybridized carbons (Fsp3) is 0.600. The van der Waals surface area contributed by atoms with Crippen LogP contribution in [0.1, 0.15) is 0 Å². The summed E-state index contributed by atoms with van der Waals surface area (Å²) in [7, 11) is -1.22. The van der Waals surface area contributed by atoms with Crippen LogP contribution in [0.5, 0.6) is 0 Å². The van der Waals surface area contributed by atoms with Crippen LogP contribution in [0.3, 0.4) is 0 Å². The average Bonchev–Trinajstić information content (AvgIpc) is 2.74. The molecule has 11 heteroatoms. The van der Waals surface area contributed by atoms with Crippen LogP contribution < -0.4 is 5.32 Å². The third kappa shape index (κ3) is 4.97. The Morgan fingerprint density at radius 3 is 2.62 bits per heavy atom. The SMILES string of the molecule is CNC(=O)/C=C\N(C=O)C1OC(COP(O)O)C(O)C1O. The number of nitrogens with one attached hydrogen (secondary N) is 1. The summed E-state index contributed by atoms with van der Waals surface area (Å²) in [5, 5.41) is 21.9. The predicted octanol–water partition coefficient (Wildman–Crippen LogP) is -2.62. The smallest absolute Gasteiger partial charge is 0.327 e. The minimum absolute atomic E-state index is 0.314. The summed E-state index contributed by atoms with van der Waals surface area (Å²) in [6.07, 6.45) is -2.67. The molecule has 1 saturated heterocycles. The first-order valence-electron chi connectivity index (χ1n) is 5.85. The predicted molar refractivity (Wildman–Crippen MR) is 69.1 cm³/mol. The first-order chi connectivity index (χ1) is 9.90. The van der Waals surface area contributed by atoms with Crippen molar-refractivity contribution in [2.45, 2.75) is 24.5 Å². The van der Waals surface area contributed by atoms with E-state index in [2.05, 4.69) is 9.84 Å². The van der Waals surface area contributed by atoms with Gasteiger partial charge in [0, 0.05) is 19.3 Å². The lowest BCUT2D eigenvalue weighted by atomic mass is 10.1. The van der Waals surface area contributed by atoms with Crippen LogP contribution in [0.4, 0.5) is 0 Å². The number of rotatable bonds is 7. The van der Waals surface area contributed by atoms with E-state index in [4.69, 9.17) is 14.5 Å². The molecule has 0 radical (unpaired) electrons. The molecule has 0 aromatic heterocycles. The Labute approximate surface area is 121 Å². The molecule has 5 N–H and O–H groups in total. The van der Waals surface area contributed by atoms with E-state index in [1.807, 2.05) is 0 Å². The van der Waals surface area contributed by atoms with Crippen molar-refractivity contribution in [1.29, 1.82) is 0 Å². The van der Waals surface area contributed by atoms with E-state index in [1.165, 1.54) is 7.05 Å². The number of amides is 2. The highest BCUT2D eigenvalue weighted by atomic mass is 31.2. The monoisotopic (exact) mass is 324 g/mol. The molecule has 4 unspecified atom stereocenters. The Bertz CT molecular complexity index is 393. The largest absolute Gasteiger partial charge is 0.387 e. The molecule has 1 fully saturated rings. The van der Waals surface area contributed by atoms with Crippen LogP contribution in [0.2, 0.25) is 0 Å². The molecule has 2 amide bonds. The van der Waals surface area contributed by atoms with E-state index in [0.29, 0.717) is 6.41 Å². The average molecular weight is 324 g/mol. The highest BCUT2D eigenvalue weighted by Gasteiger charge is 2.45. The van der Waals surface area contributed by atoms with Gasteiger partial charge in [-0.25, -0.2) is 0 Å². The number of carbonyl (C=O) groups is 2. The molecule has 0 saturated carbocycles. The molecular formula is C10H17N2O8P. The fourth-order valence-electron chi connectivity index (χ4n) is 1.67. The Morgan fingerprint density at radius 1 is 1.43 bits per heavy atom. The van der Waals surface area contributed by atoms with Crippen molar-refractivity contribution in [1.82, 2.24) is 10.2 Å². The van der Waals surface area contributed by atoms with Gasteiger partial charge in [-0.05, 0) is 0 Å². The Hall–Kier alpha value is -1.13. The molecule has 0 spiro atoms. The Morgan fingerprint density at radius 2 is 2.10 bits per heavy atom. The minimum Gasteiger partial charge on any atom is -0.387 e. The molecule has 1 heterocycles. The second kappa shape index (κ2) is 8.35. The number of hydrogen-bond donors (Lipinski definition) is 5. The van der Waals surface area contributed by atoms with Gasteiger partial charge in [0.2, 0.25) is 12.3 Å². The van der Waals surface area contributed by atoms with E-state index < -0.39 is 39.0 Å². The van der Waals surface area contributed by atoms with Crippen molar-refractivity contribution < 1.29 is 38.8 Å². The van der Waals surface area contributed by atoms with Crippen molar-refractivity contribution in [2.75, 3.05) is 13.7 Å². The Kier molecular flexibility index (Phi) is 7.12. The first kappa shape index (κ1) is 17.9. The number of likely N-dealkylation sites (N-methyl/N-ethyl adjacent to an activating group) is 1. The number of nitrogens with zero attached hydrogens (tertiary/aromatic N) is 1. The van der Waals surface area contributed by atoms with Crippen LogP contribution in [0.25, 0.3) is 0 Å². The number of ether oxygens (including phenoxy) is 1. The van der Waals surface area contributed by atoms with Crippen LogP contribution in [-0.2, 0) is 18.8 Å². The highest BCUT2D eigenvalue weighted by Crippen LogP contribution is 2.29. The molecule has 0 aromatic carbocycles. The number of carbonyl (C=O) groups excluding carboxylic acids is 2. The summed E-state index contributed by atoms with van der Waals surface area (Å²) in [6, 6.07) is 0. The van der Waals surface area contributed by atoms with Gasteiger partial charge >= 0.3 is 8.60 Å². The van der Waals surface area contributed by atoms with Gasteiger partial charge in [-0.3, -0.25) is 14.5 Å². The molecule has 10 nitrogen and oxygen atoms in total. The Balaban J connectivity index is 2.70. The summed E-state index contributed by atoms with van der Waals surface area (Å²) >= 11 is 0. The summed E-state index contributed by atoms with van der Waals surface area (Å²) in [6.45, 7) is -0.376. The first-order valence-corrected chi connectivity index (χ1v) is 7.02.